The molecule has 5 rings (SSSR count). The number of carbonyl (C=O) groups is 1. The van der Waals surface area contributed by atoms with E-state index in [1.807, 2.05) is 18.2 Å². The van der Waals surface area contributed by atoms with E-state index in [0.717, 1.165) is 53.0 Å². The van der Waals surface area contributed by atoms with Gasteiger partial charge in [-0.25, -0.2) is 9.67 Å². The van der Waals surface area contributed by atoms with Crippen LogP contribution in [0.3, 0.4) is 0 Å². The molecule has 0 unspecified atom stereocenters. The van der Waals surface area contributed by atoms with Gasteiger partial charge in [0.2, 0.25) is 0 Å². The Morgan fingerprint density at radius 1 is 1.10 bits per heavy atom. The van der Waals surface area contributed by atoms with E-state index in [4.69, 9.17) is 9.72 Å². The topological polar surface area (TPSA) is 98.1 Å². The normalized spacial score (nSPS) is 14.3. The van der Waals surface area contributed by atoms with Gasteiger partial charge in [-0.15, -0.1) is 5.10 Å². The second-order valence-electron chi connectivity index (χ2n) is 6.53. The van der Waals surface area contributed by atoms with Crippen molar-refractivity contribution in [2.45, 2.75) is 0 Å². The lowest BCUT2D eigenvalue weighted by atomic mass is 10.2. The van der Waals surface area contributed by atoms with E-state index >= 15 is 0 Å². The Bertz CT molecular complexity index is 1140. The van der Waals surface area contributed by atoms with Gasteiger partial charge in [0.15, 0.2) is 5.13 Å². The number of carbonyl (C=O) groups excluding carboxylic acids is 1. The average Bonchev–Trinajstić information content (AvgIpc) is 3.44. The lowest BCUT2D eigenvalue weighted by Crippen LogP contribution is -2.36. The molecule has 10 heteroatoms. The molecule has 3 heterocycles. The third-order valence-electron chi connectivity index (χ3n) is 4.66. The minimum absolute atomic E-state index is 0.175. The van der Waals surface area contributed by atoms with E-state index in [9.17, 15) is 4.79 Å². The molecule has 0 bridgehead atoms. The summed E-state index contributed by atoms with van der Waals surface area (Å²) in [5, 5.41) is 15.0. The fraction of sp³-hybridized carbons (Fsp3) is 0.211. The first kappa shape index (κ1) is 17.7. The molecule has 1 fully saturated rings. The number of thiazole rings is 1. The van der Waals surface area contributed by atoms with Crippen LogP contribution in [0.1, 0.15) is 10.4 Å². The first-order chi connectivity index (χ1) is 14.3. The summed E-state index contributed by atoms with van der Waals surface area (Å²) in [5.74, 6) is -0.175. The summed E-state index contributed by atoms with van der Waals surface area (Å²) >= 11 is 1.63. The van der Waals surface area contributed by atoms with Gasteiger partial charge in [-0.2, -0.15) is 0 Å². The molecule has 0 radical (unpaired) electrons. The Morgan fingerprint density at radius 3 is 2.69 bits per heavy atom. The highest BCUT2D eigenvalue weighted by atomic mass is 32.1. The van der Waals surface area contributed by atoms with Crippen molar-refractivity contribution in [3.8, 4) is 5.69 Å². The predicted molar refractivity (Wildman–Crippen MR) is 110 cm³/mol. The summed E-state index contributed by atoms with van der Waals surface area (Å²) in [6.07, 6.45) is 1.50. The maximum atomic E-state index is 12.6. The molecule has 1 N–H and O–H groups in total. The number of nitrogens with one attached hydrogen (secondary N) is 1. The molecule has 1 amide bonds. The quantitative estimate of drug-likeness (QED) is 0.554. The number of rotatable bonds is 4. The van der Waals surface area contributed by atoms with Crippen LogP contribution in [-0.2, 0) is 4.74 Å². The monoisotopic (exact) mass is 407 g/mol. The highest BCUT2D eigenvalue weighted by Crippen LogP contribution is 2.31. The van der Waals surface area contributed by atoms with Gasteiger partial charge in [-0.3, -0.25) is 4.79 Å². The molecule has 1 aliphatic heterocycles. The van der Waals surface area contributed by atoms with E-state index in [-0.39, 0.29) is 5.91 Å². The van der Waals surface area contributed by atoms with Gasteiger partial charge in [-0.05, 0) is 52.9 Å². The Balaban J connectivity index is 1.32. The number of nitrogens with zero attached hydrogens (tertiary/aromatic N) is 6. The SMILES string of the molecule is O=C(Nc1ccc2nc(N3CCOCC3)sc2c1)c1ccc(-n2cnnn2)cc1. The maximum Gasteiger partial charge on any atom is 0.255 e. The summed E-state index contributed by atoms with van der Waals surface area (Å²) in [5.41, 5.74) is 3.01. The van der Waals surface area contributed by atoms with Crippen molar-refractivity contribution in [1.82, 2.24) is 25.2 Å². The van der Waals surface area contributed by atoms with E-state index in [0.29, 0.717) is 5.56 Å². The molecular weight excluding hydrogens is 390 g/mol. The summed E-state index contributed by atoms with van der Waals surface area (Å²) in [7, 11) is 0. The number of ether oxygens (including phenoxy) is 1. The summed E-state index contributed by atoms with van der Waals surface area (Å²) < 4.78 is 7.98. The van der Waals surface area contributed by atoms with Crippen molar-refractivity contribution in [3.63, 3.8) is 0 Å². The summed E-state index contributed by atoms with van der Waals surface area (Å²) in [6, 6.07) is 12.9. The van der Waals surface area contributed by atoms with Crippen molar-refractivity contribution in [2.24, 2.45) is 0 Å². The number of hydrogen-bond donors (Lipinski definition) is 1. The van der Waals surface area contributed by atoms with Crippen LogP contribution in [-0.4, -0.2) is 57.4 Å². The molecule has 29 heavy (non-hydrogen) atoms. The maximum absolute atomic E-state index is 12.6. The van der Waals surface area contributed by atoms with Gasteiger partial charge in [0.25, 0.3) is 5.91 Å². The largest absolute Gasteiger partial charge is 0.378 e. The van der Waals surface area contributed by atoms with Crippen LogP contribution in [0.4, 0.5) is 10.8 Å². The number of aromatic nitrogens is 5. The van der Waals surface area contributed by atoms with Crippen LogP contribution in [0.5, 0.6) is 0 Å². The lowest BCUT2D eigenvalue weighted by Gasteiger charge is -2.25. The summed E-state index contributed by atoms with van der Waals surface area (Å²) in [6.45, 7) is 3.15. The van der Waals surface area contributed by atoms with E-state index in [1.54, 1.807) is 35.6 Å². The standard InChI is InChI=1S/C19H17N7O2S/c27-18(13-1-4-15(5-2-13)26-12-20-23-24-26)21-14-3-6-16-17(11-14)29-19(22-16)25-7-9-28-10-8-25/h1-6,11-12H,7-10H2,(H,21,27). The first-order valence-electron chi connectivity index (χ1n) is 9.14. The second kappa shape index (κ2) is 7.57. The molecule has 1 saturated heterocycles. The minimum atomic E-state index is -0.175. The Morgan fingerprint density at radius 2 is 1.93 bits per heavy atom. The molecule has 0 atom stereocenters. The number of hydrogen-bond acceptors (Lipinski definition) is 8. The molecule has 1 aliphatic rings. The first-order valence-corrected chi connectivity index (χ1v) is 9.96. The van der Waals surface area contributed by atoms with Crippen molar-refractivity contribution >= 4 is 38.3 Å². The molecule has 0 aliphatic carbocycles. The van der Waals surface area contributed by atoms with Gasteiger partial charge in [0.05, 0.1) is 29.1 Å². The van der Waals surface area contributed by atoms with Gasteiger partial charge < -0.3 is 15.0 Å². The Kier molecular flexibility index (Phi) is 4.62. The van der Waals surface area contributed by atoms with Crippen LogP contribution in [0.2, 0.25) is 0 Å². The molecular formula is C19H17N7O2S. The van der Waals surface area contributed by atoms with E-state index < -0.39 is 0 Å². The fourth-order valence-electron chi connectivity index (χ4n) is 3.13. The Labute approximate surface area is 169 Å². The number of tetrazole rings is 1. The number of benzene rings is 2. The highest BCUT2D eigenvalue weighted by Gasteiger charge is 2.16. The number of amides is 1. The molecule has 146 valence electrons. The van der Waals surface area contributed by atoms with Crippen LogP contribution in [0, 0.1) is 0 Å². The van der Waals surface area contributed by atoms with E-state index in [1.165, 1.54) is 11.0 Å². The highest BCUT2D eigenvalue weighted by molar-refractivity contribution is 7.22. The molecule has 9 nitrogen and oxygen atoms in total. The number of morpholine rings is 1. The molecule has 0 spiro atoms. The van der Waals surface area contributed by atoms with Gasteiger partial charge in [0, 0.05) is 24.3 Å². The zero-order chi connectivity index (χ0) is 19.6. The Hall–Kier alpha value is -3.37. The average molecular weight is 407 g/mol. The minimum Gasteiger partial charge on any atom is -0.378 e. The van der Waals surface area contributed by atoms with Crippen LogP contribution in [0.15, 0.2) is 48.8 Å². The molecule has 2 aromatic heterocycles. The lowest BCUT2D eigenvalue weighted by molar-refractivity contribution is 0.102. The third-order valence-corrected chi connectivity index (χ3v) is 5.74. The van der Waals surface area contributed by atoms with Crippen molar-refractivity contribution in [1.29, 1.82) is 0 Å². The van der Waals surface area contributed by atoms with E-state index in [2.05, 4.69) is 25.7 Å². The van der Waals surface area contributed by atoms with Crippen molar-refractivity contribution in [2.75, 3.05) is 36.5 Å². The zero-order valence-corrected chi connectivity index (χ0v) is 16.2. The number of fused-ring (bicyclic) bond motifs is 1. The summed E-state index contributed by atoms with van der Waals surface area (Å²) in [4.78, 5) is 19.5. The van der Waals surface area contributed by atoms with Gasteiger partial charge in [0.1, 0.15) is 6.33 Å². The zero-order valence-electron chi connectivity index (χ0n) is 15.4. The van der Waals surface area contributed by atoms with Crippen LogP contribution in [0.25, 0.3) is 15.9 Å². The molecule has 0 saturated carbocycles. The fourth-order valence-corrected chi connectivity index (χ4v) is 4.19. The predicted octanol–water partition coefficient (Wildman–Crippen LogP) is 2.36. The number of anilines is 2. The van der Waals surface area contributed by atoms with Crippen molar-refractivity contribution in [3.05, 3.63) is 54.4 Å². The molecule has 4 aromatic rings. The third kappa shape index (κ3) is 3.67. The second-order valence-corrected chi connectivity index (χ2v) is 7.54. The van der Waals surface area contributed by atoms with Crippen molar-refractivity contribution < 1.29 is 9.53 Å². The van der Waals surface area contributed by atoms with Gasteiger partial charge >= 0.3 is 0 Å². The smallest absolute Gasteiger partial charge is 0.255 e. The van der Waals surface area contributed by atoms with Gasteiger partial charge in [-0.1, -0.05) is 11.3 Å². The van der Waals surface area contributed by atoms with Crippen LogP contribution < -0.4 is 10.2 Å². The van der Waals surface area contributed by atoms with Crippen LogP contribution >= 0.6 is 11.3 Å². The molecule has 2 aromatic carbocycles.